The lowest BCUT2D eigenvalue weighted by molar-refractivity contribution is -0.144. The van der Waals surface area contributed by atoms with Gasteiger partial charge in [0.2, 0.25) is 0 Å². The molecular formula is C15H29BrO2. The fraction of sp³-hybridized carbons (Fsp3) is 0.933. The molecule has 0 bridgehead atoms. The van der Waals surface area contributed by atoms with Gasteiger partial charge in [-0.3, -0.25) is 4.79 Å². The number of hydrogen-bond acceptors (Lipinski definition) is 2. The molecule has 0 aromatic carbocycles. The smallest absolute Gasteiger partial charge is 0.305 e. The molecule has 0 aliphatic carbocycles. The Kier molecular flexibility index (Phi) is 13.3. The van der Waals surface area contributed by atoms with Crippen molar-refractivity contribution in [2.75, 3.05) is 11.9 Å². The van der Waals surface area contributed by atoms with Crippen molar-refractivity contribution in [3.05, 3.63) is 0 Å². The van der Waals surface area contributed by atoms with Crippen molar-refractivity contribution < 1.29 is 9.53 Å². The van der Waals surface area contributed by atoms with E-state index in [4.69, 9.17) is 4.74 Å². The Morgan fingerprint density at radius 1 is 1.11 bits per heavy atom. The molecule has 0 aromatic heterocycles. The molecule has 0 spiro atoms. The van der Waals surface area contributed by atoms with Gasteiger partial charge in [0.25, 0.3) is 0 Å². The molecule has 0 aliphatic rings. The zero-order valence-electron chi connectivity index (χ0n) is 12.0. The molecule has 3 heteroatoms. The van der Waals surface area contributed by atoms with E-state index < -0.39 is 0 Å². The second-order valence-electron chi connectivity index (χ2n) is 5.11. The van der Waals surface area contributed by atoms with Gasteiger partial charge in [-0.25, -0.2) is 0 Å². The van der Waals surface area contributed by atoms with E-state index in [-0.39, 0.29) is 5.97 Å². The first-order chi connectivity index (χ1) is 8.70. The predicted octanol–water partition coefficient (Wildman–Crippen LogP) is 5.09. The van der Waals surface area contributed by atoms with Gasteiger partial charge in [-0.1, -0.05) is 61.9 Å². The number of carbonyl (C=O) groups is 1. The zero-order chi connectivity index (χ0) is 13.6. The van der Waals surface area contributed by atoms with E-state index in [2.05, 4.69) is 29.8 Å². The van der Waals surface area contributed by atoms with E-state index in [9.17, 15) is 4.79 Å². The molecule has 1 atom stereocenters. The molecule has 0 saturated carbocycles. The van der Waals surface area contributed by atoms with Gasteiger partial charge in [-0.05, 0) is 25.2 Å². The minimum atomic E-state index is -0.0146. The first-order valence-electron chi connectivity index (χ1n) is 7.42. The molecular weight excluding hydrogens is 292 g/mol. The molecule has 0 aliphatic heterocycles. The Balaban J connectivity index is 3.27. The summed E-state index contributed by atoms with van der Waals surface area (Å²) >= 11 is 3.42. The third kappa shape index (κ3) is 12.4. The van der Waals surface area contributed by atoms with Crippen LogP contribution in [0, 0.1) is 5.92 Å². The molecule has 18 heavy (non-hydrogen) atoms. The van der Waals surface area contributed by atoms with Crippen molar-refractivity contribution in [1.29, 1.82) is 0 Å². The first-order valence-corrected chi connectivity index (χ1v) is 8.54. The van der Waals surface area contributed by atoms with E-state index >= 15 is 0 Å². The highest BCUT2D eigenvalue weighted by atomic mass is 79.9. The summed E-state index contributed by atoms with van der Waals surface area (Å²) in [7, 11) is 0. The average molecular weight is 321 g/mol. The lowest BCUT2D eigenvalue weighted by Crippen LogP contribution is -2.08. The summed E-state index contributed by atoms with van der Waals surface area (Å²) < 4.78 is 5.24. The summed E-state index contributed by atoms with van der Waals surface area (Å²) in [6.07, 6.45) is 9.89. The van der Waals surface area contributed by atoms with E-state index in [0.29, 0.717) is 18.9 Å². The fourth-order valence-electron chi connectivity index (χ4n) is 1.98. The van der Waals surface area contributed by atoms with Gasteiger partial charge in [-0.2, -0.15) is 0 Å². The molecule has 0 fully saturated rings. The standard InChI is InChI=1S/C15H29BrO2/c1-3-9-14(2)11-13-18-15(17)10-7-5-4-6-8-12-16/h14H,3-13H2,1-2H3. The van der Waals surface area contributed by atoms with Gasteiger partial charge in [0.15, 0.2) is 0 Å². The number of rotatable bonds is 12. The average Bonchev–Trinajstić information content (AvgIpc) is 2.34. The highest BCUT2D eigenvalue weighted by Crippen LogP contribution is 2.11. The quantitative estimate of drug-likeness (QED) is 0.284. The van der Waals surface area contributed by atoms with Crippen LogP contribution in [0.3, 0.4) is 0 Å². The topological polar surface area (TPSA) is 26.3 Å². The normalized spacial score (nSPS) is 12.4. The summed E-state index contributed by atoms with van der Waals surface area (Å²) in [4.78, 5) is 11.4. The van der Waals surface area contributed by atoms with Crippen LogP contribution < -0.4 is 0 Å². The summed E-state index contributed by atoms with van der Waals surface area (Å²) in [6, 6.07) is 0. The Morgan fingerprint density at radius 2 is 1.78 bits per heavy atom. The summed E-state index contributed by atoms with van der Waals surface area (Å²) in [5.74, 6) is 0.659. The largest absolute Gasteiger partial charge is 0.466 e. The first kappa shape index (κ1) is 17.9. The van der Waals surface area contributed by atoms with Crippen molar-refractivity contribution >= 4 is 21.9 Å². The van der Waals surface area contributed by atoms with Crippen LogP contribution in [0.5, 0.6) is 0 Å². The van der Waals surface area contributed by atoms with Crippen LogP contribution in [0.1, 0.15) is 71.6 Å². The third-order valence-corrected chi connectivity index (χ3v) is 3.73. The monoisotopic (exact) mass is 320 g/mol. The van der Waals surface area contributed by atoms with Crippen LogP contribution in [-0.4, -0.2) is 17.9 Å². The molecule has 2 nitrogen and oxygen atoms in total. The maximum Gasteiger partial charge on any atom is 0.305 e. The number of esters is 1. The minimum absolute atomic E-state index is 0.0146. The van der Waals surface area contributed by atoms with E-state index in [1.807, 2.05) is 0 Å². The van der Waals surface area contributed by atoms with Gasteiger partial charge >= 0.3 is 5.97 Å². The van der Waals surface area contributed by atoms with Gasteiger partial charge in [0, 0.05) is 11.8 Å². The molecule has 0 saturated heterocycles. The summed E-state index contributed by atoms with van der Waals surface area (Å²) in [6.45, 7) is 5.02. The molecule has 1 unspecified atom stereocenters. The van der Waals surface area contributed by atoms with Crippen LogP contribution in [-0.2, 0) is 9.53 Å². The molecule has 0 amide bonds. The van der Waals surface area contributed by atoms with Gasteiger partial charge < -0.3 is 4.74 Å². The van der Waals surface area contributed by atoms with Crippen molar-refractivity contribution in [3.8, 4) is 0 Å². The summed E-state index contributed by atoms with van der Waals surface area (Å²) in [5.41, 5.74) is 0. The highest BCUT2D eigenvalue weighted by Gasteiger charge is 2.05. The maximum atomic E-state index is 11.4. The highest BCUT2D eigenvalue weighted by molar-refractivity contribution is 9.09. The van der Waals surface area contributed by atoms with Crippen LogP contribution in [0.25, 0.3) is 0 Å². The van der Waals surface area contributed by atoms with E-state index in [0.717, 1.165) is 24.6 Å². The number of halogens is 1. The lowest BCUT2D eigenvalue weighted by atomic mass is 10.0. The minimum Gasteiger partial charge on any atom is -0.466 e. The molecule has 0 aromatic rings. The van der Waals surface area contributed by atoms with Crippen molar-refractivity contribution in [2.24, 2.45) is 5.92 Å². The van der Waals surface area contributed by atoms with Crippen molar-refractivity contribution in [3.63, 3.8) is 0 Å². The molecule has 0 heterocycles. The predicted molar refractivity (Wildman–Crippen MR) is 81.1 cm³/mol. The molecule has 0 radical (unpaired) electrons. The van der Waals surface area contributed by atoms with Crippen LogP contribution in [0.15, 0.2) is 0 Å². The molecule has 0 N–H and O–H groups in total. The number of hydrogen-bond donors (Lipinski definition) is 0. The fourth-order valence-corrected chi connectivity index (χ4v) is 2.37. The Morgan fingerprint density at radius 3 is 2.44 bits per heavy atom. The van der Waals surface area contributed by atoms with Crippen molar-refractivity contribution in [2.45, 2.75) is 71.6 Å². The number of alkyl halides is 1. The zero-order valence-corrected chi connectivity index (χ0v) is 13.6. The maximum absolute atomic E-state index is 11.4. The van der Waals surface area contributed by atoms with E-state index in [1.165, 1.54) is 32.1 Å². The van der Waals surface area contributed by atoms with Crippen molar-refractivity contribution in [1.82, 2.24) is 0 Å². The van der Waals surface area contributed by atoms with Crippen LogP contribution >= 0.6 is 15.9 Å². The Hall–Kier alpha value is -0.0500. The van der Waals surface area contributed by atoms with Crippen LogP contribution in [0.2, 0.25) is 0 Å². The second-order valence-corrected chi connectivity index (χ2v) is 5.90. The molecule has 108 valence electrons. The second kappa shape index (κ2) is 13.4. The van der Waals surface area contributed by atoms with Gasteiger partial charge in [-0.15, -0.1) is 0 Å². The SMILES string of the molecule is CCCC(C)CCOC(=O)CCCCCCCBr. The lowest BCUT2D eigenvalue weighted by Gasteiger charge is -2.10. The summed E-state index contributed by atoms with van der Waals surface area (Å²) in [5, 5.41) is 1.09. The molecule has 0 rings (SSSR count). The van der Waals surface area contributed by atoms with E-state index in [1.54, 1.807) is 0 Å². The Bertz CT molecular complexity index is 195. The number of ether oxygens (including phenoxy) is 1. The Labute approximate surface area is 121 Å². The number of carbonyl (C=O) groups excluding carboxylic acids is 1. The number of unbranched alkanes of at least 4 members (excludes halogenated alkanes) is 4. The van der Waals surface area contributed by atoms with Gasteiger partial charge in [0.05, 0.1) is 6.61 Å². The third-order valence-electron chi connectivity index (χ3n) is 3.17. The van der Waals surface area contributed by atoms with Gasteiger partial charge in [0.1, 0.15) is 0 Å². The van der Waals surface area contributed by atoms with Crippen LogP contribution in [0.4, 0.5) is 0 Å².